The molecule has 1 aliphatic heterocycles. The quantitative estimate of drug-likeness (QED) is 0.676. The predicted molar refractivity (Wildman–Crippen MR) is 54.0 cm³/mol. The van der Waals surface area contributed by atoms with Crippen molar-refractivity contribution in [1.29, 1.82) is 0 Å². The standard InChI is InChI=1S/C10H14FN3/c1-8-2-3-9(13-10(8)11)14-6-4-12-5-7-14/h2-3,12H,4-7H2,1H3. The molecule has 3 nitrogen and oxygen atoms in total. The minimum atomic E-state index is -0.360. The number of rotatable bonds is 1. The van der Waals surface area contributed by atoms with Gasteiger partial charge >= 0.3 is 0 Å². The maximum Gasteiger partial charge on any atom is 0.217 e. The van der Waals surface area contributed by atoms with Crippen molar-refractivity contribution in [2.24, 2.45) is 0 Å². The molecular weight excluding hydrogens is 181 g/mol. The van der Waals surface area contributed by atoms with Crippen LogP contribution >= 0.6 is 0 Å². The summed E-state index contributed by atoms with van der Waals surface area (Å²) in [6.45, 7) is 5.41. The van der Waals surface area contributed by atoms with Gasteiger partial charge < -0.3 is 10.2 Å². The highest BCUT2D eigenvalue weighted by Crippen LogP contribution is 2.13. The van der Waals surface area contributed by atoms with Crippen LogP contribution in [-0.2, 0) is 0 Å². The normalized spacial score (nSPS) is 17.1. The summed E-state index contributed by atoms with van der Waals surface area (Å²) in [5, 5.41) is 3.25. The van der Waals surface area contributed by atoms with E-state index in [1.54, 1.807) is 13.0 Å². The fraction of sp³-hybridized carbons (Fsp3) is 0.500. The van der Waals surface area contributed by atoms with Crippen molar-refractivity contribution in [3.8, 4) is 0 Å². The summed E-state index contributed by atoms with van der Waals surface area (Å²) in [4.78, 5) is 6.02. The molecular formula is C10H14FN3. The molecule has 2 rings (SSSR count). The van der Waals surface area contributed by atoms with Crippen molar-refractivity contribution in [2.75, 3.05) is 31.1 Å². The van der Waals surface area contributed by atoms with Gasteiger partial charge in [0.2, 0.25) is 5.95 Å². The van der Waals surface area contributed by atoms with Crippen LogP contribution in [0.2, 0.25) is 0 Å². The molecule has 1 saturated heterocycles. The molecule has 1 aromatic rings. The predicted octanol–water partition coefficient (Wildman–Crippen LogP) is 0.939. The second kappa shape index (κ2) is 3.92. The lowest BCUT2D eigenvalue weighted by atomic mass is 10.3. The lowest BCUT2D eigenvalue weighted by Crippen LogP contribution is -2.43. The second-order valence-electron chi connectivity index (χ2n) is 3.51. The highest BCUT2D eigenvalue weighted by Gasteiger charge is 2.12. The van der Waals surface area contributed by atoms with Gasteiger partial charge in [0.1, 0.15) is 5.82 Å². The summed E-state index contributed by atoms with van der Waals surface area (Å²) >= 11 is 0. The molecule has 0 unspecified atom stereocenters. The molecule has 0 bridgehead atoms. The monoisotopic (exact) mass is 195 g/mol. The van der Waals surface area contributed by atoms with E-state index in [9.17, 15) is 4.39 Å². The molecule has 1 fully saturated rings. The lowest BCUT2D eigenvalue weighted by Gasteiger charge is -2.28. The molecule has 0 spiro atoms. The Morgan fingerprint density at radius 3 is 2.71 bits per heavy atom. The van der Waals surface area contributed by atoms with Gasteiger partial charge in [-0.05, 0) is 13.0 Å². The Morgan fingerprint density at radius 2 is 2.07 bits per heavy atom. The fourth-order valence-electron chi connectivity index (χ4n) is 1.56. The van der Waals surface area contributed by atoms with Crippen molar-refractivity contribution < 1.29 is 4.39 Å². The zero-order valence-electron chi connectivity index (χ0n) is 8.26. The van der Waals surface area contributed by atoms with E-state index in [1.807, 2.05) is 6.07 Å². The molecule has 14 heavy (non-hydrogen) atoms. The van der Waals surface area contributed by atoms with E-state index in [4.69, 9.17) is 0 Å². The highest BCUT2D eigenvalue weighted by atomic mass is 19.1. The Bertz CT molecular complexity index is 321. The number of hydrogen-bond acceptors (Lipinski definition) is 3. The number of nitrogens with one attached hydrogen (secondary N) is 1. The number of hydrogen-bond donors (Lipinski definition) is 1. The zero-order chi connectivity index (χ0) is 9.97. The van der Waals surface area contributed by atoms with E-state index >= 15 is 0 Å². The first-order valence-corrected chi connectivity index (χ1v) is 4.86. The molecule has 0 aromatic carbocycles. The molecule has 0 aliphatic carbocycles. The minimum absolute atomic E-state index is 0.360. The third-order valence-corrected chi connectivity index (χ3v) is 2.46. The van der Waals surface area contributed by atoms with Crippen LogP contribution in [0.4, 0.5) is 10.2 Å². The molecule has 76 valence electrons. The Labute approximate surface area is 82.9 Å². The molecule has 1 aliphatic rings. The number of halogens is 1. The van der Waals surface area contributed by atoms with Crippen LogP contribution < -0.4 is 10.2 Å². The van der Waals surface area contributed by atoms with Crippen molar-refractivity contribution in [2.45, 2.75) is 6.92 Å². The molecule has 1 N–H and O–H groups in total. The Kier molecular flexibility index (Phi) is 2.63. The van der Waals surface area contributed by atoms with Gasteiger partial charge in [-0.3, -0.25) is 0 Å². The average Bonchev–Trinajstić information content (AvgIpc) is 2.23. The van der Waals surface area contributed by atoms with Gasteiger partial charge in [-0.25, -0.2) is 4.98 Å². The number of piperazine rings is 1. The number of aromatic nitrogens is 1. The smallest absolute Gasteiger partial charge is 0.217 e. The van der Waals surface area contributed by atoms with Crippen LogP contribution in [0.25, 0.3) is 0 Å². The van der Waals surface area contributed by atoms with Crippen molar-refractivity contribution in [3.63, 3.8) is 0 Å². The molecule has 2 heterocycles. The van der Waals surface area contributed by atoms with Crippen LogP contribution in [0.3, 0.4) is 0 Å². The summed E-state index contributed by atoms with van der Waals surface area (Å²) in [6.07, 6.45) is 0. The van der Waals surface area contributed by atoms with Gasteiger partial charge in [0.15, 0.2) is 0 Å². The Morgan fingerprint density at radius 1 is 1.36 bits per heavy atom. The van der Waals surface area contributed by atoms with Crippen LogP contribution in [0, 0.1) is 12.9 Å². The van der Waals surface area contributed by atoms with Crippen LogP contribution in [0.1, 0.15) is 5.56 Å². The minimum Gasteiger partial charge on any atom is -0.354 e. The maximum atomic E-state index is 13.2. The second-order valence-corrected chi connectivity index (χ2v) is 3.51. The molecule has 0 radical (unpaired) electrons. The summed E-state index contributed by atoms with van der Waals surface area (Å²) in [6, 6.07) is 3.66. The highest BCUT2D eigenvalue weighted by molar-refractivity contribution is 5.40. The van der Waals surface area contributed by atoms with Gasteiger partial charge in [-0.1, -0.05) is 6.07 Å². The molecule has 0 atom stereocenters. The topological polar surface area (TPSA) is 28.2 Å². The van der Waals surface area contributed by atoms with Gasteiger partial charge in [0.05, 0.1) is 0 Å². The third kappa shape index (κ3) is 1.85. The van der Waals surface area contributed by atoms with Gasteiger partial charge in [0, 0.05) is 31.7 Å². The van der Waals surface area contributed by atoms with Gasteiger partial charge in [-0.15, -0.1) is 0 Å². The lowest BCUT2D eigenvalue weighted by molar-refractivity contribution is 0.555. The summed E-state index contributed by atoms with van der Waals surface area (Å²) in [5.41, 5.74) is 0.601. The first-order valence-electron chi connectivity index (χ1n) is 4.86. The molecule has 1 aromatic heterocycles. The number of nitrogens with zero attached hydrogens (tertiary/aromatic N) is 2. The van der Waals surface area contributed by atoms with Crippen LogP contribution in [0.15, 0.2) is 12.1 Å². The van der Waals surface area contributed by atoms with Gasteiger partial charge in [0.25, 0.3) is 0 Å². The number of aryl methyl sites for hydroxylation is 1. The average molecular weight is 195 g/mol. The first-order chi connectivity index (χ1) is 6.77. The van der Waals surface area contributed by atoms with Crippen molar-refractivity contribution >= 4 is 5.82 Å². The number of anilines is 1. The van der Waals surface area contributed by atoms with E-state index in [0.717, 1.165) is 32.0 Å². The zero-order valence-corrected chi connectivity index (χ0v) is 8.26. The molecule has 0 saturated carbocycles. The molecule has 0 amide bonds. The third-order valence-electron chi connectivity index (χ3n) is 2.46. The van der Waals surface area contributed by atoms with E-state index < -0.39 is 0 Å². The number of pyridine rings is 1. The van der Waals surface area contributed by atoms with E-state index in [2.05, 4.69) is 15.2 Å². The molecule has 4 heteroatoms. The maximum absolute atomic E-state index is 13.2. The Hall–Kier alpha value is -1.16. The summed E-state index contributed by atoms with van der Waals surface area (Å²) in [5.74, 6) is 0.385. The van der Waals surface area contributed by atoms with E-state index in [0.29, 0.717) is 5.56 Å². The largest absolute Gasteiger partial charge is 0.354 e. The SMILES string of the molecule is Cc1ccc(N2CCNCC2)nc1F. The Balaban J connectivity index is 2.18. The fourth-order valence-corrected chi connectivity index (χ4v) is 1.56. The summed E-state index contributed by atoms with van der Waals surface area (Å²) in [7, 11) is 0. The van der Waals surface area contributed by atoms with E-state index in [1.165, 1.54) is 0 Å². The first kappa shape index (κ1) is 9.40. The van der Waals surface area contributed by atoms with Gasteiger partial charge in [-0.2, -0.15) is 4.39 Å². The van der Waals surface area contributed by atoms with E-state index in [-0.39, 0.29) is 5.95 Å². The van der Waals surface area contributed by atoms with Crippen molar-refractivity contribution in [1.82, 2.24) is 10.3 Å². The van der Waals surface area contributed by atoms with Crippen molar-refractivity contribution in [3.05, 3.63) is 23.6 Å². The van der Waals surface area contributed by atoms with Crippen LogP contribution in [-0.4, -0.2) is 31.2 Å². The summed E-state index contributed by atoms with van der Waals surface area (Å²) < 4.78 is 13.2. The van der Waals surface area contributed by atoms with Crippen LogP contribution in [0.5, 0.6) is 0 Å².